The van der Waals surface area contributed by atoms with Crippen LogP contribution in [0, 0.1) is 12.8 Å². The molecule has 0 radical (unpaired) electrons. The van der Waals surface area contributed by atoms with E-state index in [1.807, 2.05) is 18.7 Å². The van der Waals surface area contributed by atoms with E-state index in [4.69, 9.17) is 0 Å². The summed E-state index contributed by atoms with van der Waals surface area (Å²) in [7, 11) is 2.00. The molecule has 3 nitrogen and oxygen atoms in total. The fourth-order valence-electron chi connectivity index (χ4n) is 1.79. The van der Waals surface area contributed by atoms with Crippen molar-refractivity contribution in [1.29, 1.82) is 0 Å². The first-order chi connectivity index (χ1) is 7.49. The predicted molar refractivity (Wildman–Crippen MR) is 68.3 cm³/mol. The van der Waals surface area contributed by atoms with Gasteiger partial charge in [-0.25, -0.2) is 0 Å². The van der Waals surface area contributed by atoms with Gasteiger partial charge in [-0.1, -0.05) is 13.8 Å². The van der Waals surface area contributed by atoms with Crippen LogP contribution in [0.3, 0.4) is 0 Å². The number of aryl methyl sites for hydroxylation is 2. The van der Waals surface area contributed by atoms with Crippen molar-refractivity contribution in [3.05, 3.63) is 17.5 Å². The summed E-state index contributed by atoms with van der Waals surface area (Å²) in [6.45, 7) is 9.75. The van der Waals surface area contributed by atoms with Gasteiger partial charge in [0.05, 0.1) is 11.4 Å². The maximum atomic E-state index is 4.34. The van der Waals surface area contributed by atoms with E-state index in [9.17, 15) is 0 Å². The van der Waals surface area contributed by atoms with E-state index >= 15 is 0 Å². The van der Waals surface area contributed by atoms with Gasteiger partial charge in [0.1, 0.15) is 0 Å². The maximum absolute atomic E-state index is 4.34. The van der Waals surface area contributed by atoms with Crippen molar-refractivity contribution >= 4 is 0 Å². The molecule has 1 atom stereocenters. The summed E-state index contributed by atoms with van der Waals surface area (Å²) < 4.78 is 1.96. The van der Waals surface area contributed by atoms with Gasteiger partial charge < -0.3 is 5.32 Å². The lowest BCUT2D eigenvalue weighted by atomic mass is 10.0. The Morgan fingerprint density at radius 1 is 1.31 bits per heavy atom. The Balaban J connectivity index is 2.31. The minimum Gasteiger partial charge on any atom is -0.309 e. The fraction of sp³-hybridized carbons (Fsp3) is 0.769. The third-order valence-corrected chi connectivity index (χ3v) is 2.91. The minimum absolute atomic E-state index is 0.581. The van der Waals surface area contributed by atoms with Crippen LogP contribution >= 0.6 is 0 Å². The van der Waals surface area contributed by atoms with Gasteiger partial charge in [0.2, 0.25) is 0 Å². The molecular formula is C13H25N3. The zero-order valence-corrected chi connectivity index (χ0v) is 11.2. The molecule has 92 valence electrons. The van der Waals surface area contributed by atoms with Crippen molar-refractivity contribution in [3.63, 3.8) is 0 Å². The standard InChI is InChI=1S/C13H25N3/c1-10(2)6-7-11(3)14-9-13-8-12(4)15-16(13)5/h8,10-11,14H,6-7,9H2,1-5H3. The normalized spacial score (nSPS) is 13.4. The van der Waals surface area contributed by atoms with Crippen LogP contribution < -0.4 is 5.32 Å². The Bertz CT molecular complexity index is 315. The summed E-state index contributed by atoms with van der Waals surface area (Å²) >= 11 is 0. The van der Waals surface area contributed by atoms with Gasteiger partial charge in [0.25, 0.3) is 0 Å². The first-order valence-electron chi connectivity index (χ1n) is 6.22. The van der Waals surface area contributed by atoms with E-state index in [2.05, 4.69) is 37.3 Å². The molecule has 16 heavy (non-hydrogen) atoms. The summed E-state index contributed by atoms with van der Waals surface area (Å²) in [5.41, 5.74) is 2.35. The van der Waals surface area contributed by atoms with E-state index in [1.165, 1.54) is 18.5 Å². The molecule has 0 fully saturated rings. The van der Waals surface area contributed by atoms with Gasteiger partial charge in [-0.3, -0.25) is 4.68 Å². The summed E-state index contributed by atoms with van der Waals surface area (Å²) in [6.07, 6.45) is 2.53. The van der Waals surface area contributed by atoms with Crippen LogP contribution in [0.2, 0.25) is 0 Å². The van der Waals surface area contributed by atoms with Crippen molar-refractivity contribution < 1.29 is 0 Å². The maximum Gasteiger partial charge on any atom is 0.0597 e. The van der Waals surface area contributed by atoms with Gasteiger partial charge in [-0.2, -0.15) is 5.10 Å². The average Bonchev–Trinajstić information content (AvgIpc) is 2.51. The predicted octanol–water partition coefficient (Wildman–Crippen LogP) is 2.64. The number of nitrogens with zero attached hydrogens (tertiary/aromatic N) is 2. The van der Waals surface area contributed by atoms with Crippen molar-refractivity contribution in [2.75, 3.05) is 0 Å². The highest BCUT2D eigenvalue weighted by Gasteiger charge is 2.06. The number of rotatable bonds is 6. The summed E-state index contributed by atoms with van der Waals surface area (Å²) in [5.74, 6) is 0.795. The van der Waals surface area contributed by atoms with E-state index in [-0.39, 0.29) is 0 Å². The van der Waals surface area contributed by atoms with Crippen LogP contribution in [0.4, 0.5) is 0 Å². The zero-order valence-electron chi connectivity index (χ0n) is 11.2. The highest BCUT2D eigenvalue weighted by atomic mass is 15.3. The highest BCUT2D eigenvalue weighted by molar-refractivity contribution is 5.08. The van der Waals surface area contributed by atoms with Crippen LogP contribution in [-0.2, 0) is 13.6 Å². The third-order valence-electron chi connectivity index (χ3n) is 2.91. The summed E-state index contributed by atoms with van der Waals surface area (Å²) in [4.78, 5) is 0. The van der Waals surface area contributed by atoms with Gasteiger partial charge in [-0.15, -0.1) is 0 Å². The number of aromatic nitrogens is 2. The minimum atomic E-state index is 0.581. The average molecular weight is 223 g/mol. The molecule has 0 aliphatic carbocycles. The molecule has 1 heterocycles. The molecule has 0 bridgehead atoms. The molecule has 3 heteroatoms. The second-order valence-electron chi connectivity index (χ2n) is 5.15. The summed E-state index contributed by atoms with van der Waals surface area (Å²) in [5, 5.41) is 7.89. The molecule has 1 unspecified atom stereocenters. The Hall–Kier alpha value is -0.830. The Morgan fingerprint density at radius 3 is 2.50 bits per heavy atom. The molecule has 0 aromatic carbocycles. The smallest absolute Gasteiger partial charge is 0.0597 e. The van der Waals surface area contributed by atoms with Gasteiger partial charge in [0.15, 0.2) is 0 Å². The largest absolute Gasteiger partial charge is 0.309 e. The number of hydrogen-bond acceptors (Lipinski definition) is 2. The second-order valence-corrected chi connectivity index (χ2v) is 5.15. The Labute approximate surface area is 99.2 Å². The topological polar surface area (TPSA) is 29.9 Å². The zero-order chi connectivity index (χ0) is 12.1. The van der Waals surface area contributed by atoms with Crippen LogP contribution in [0.1, 0.15) is 45.0 Å². The van der Waals surface area contributed by atoms with Crippen molar-refractivity contribution in [3.8, 4) is 0 Å². The quantitative estimate of drug-likeness (QED) is 0.803. The van der Waals surface area contributed by atoms with E-state index < -0.39 is 0 Å². The van der Waals surface area contributed by atoms with Crippen molar-refractivity contribution in [2.24, 2.45) is 13.0 Å². The van der Waals surface area contributed by atoms with Crippen LogP contribution in [-0.4, -0.2) is 15.8 Å². The number of hydrogen-bond donors (Lipinski definition) is 1. The highest BCUT2D eigenvalue weighted by Crippen LogP contribution is 2.07. The molecule has 0 amide bonds. The van der Waals surface area contributed by atoms with Crippen molar-refractivity contribution in [2.45, 2.75) is 53.1 Å². The first-order valence-corrected chi connectivity index (χ1v) is 6.22. The van der Waals surface area contributed by atoms with E-state index in [1.54, 1.807) is 0 Å². The molecular weight excluding hydrogens is 198 g/mol. The molecule has 0 spiro atoms. The molecule has 1 rings (SSSR count). The third kappa shape index (κ3) is 4.35. The summed E-state index contributed by atoms with van der Waals surface area (Å²) in [6, 6.07) is 2.72. The second kappa shape index (κ2) is 6.04. The van der Waals surface area contributed by atoms with Crippen LogP contribution in [0.5, 0.6) is 0 Å². The van der Waals surface area contributed by atoms with Crippen LogP contribution in [0.15, 0.2) is 6.07 Å². The molecule has 0 saturated heterocycles. The Morgan fingerprint density at radius 2 is 2.00 bits per heavy atom. The monoisotopic (exact) mass is 223 g/mol. The lowest BCUT2D eigenvalue weighted by Gasteiger charge is -2.14. The van der Waals surface area contributed by atoms with Gasteiger partial charge in [0, 0.05) is 19.6 Å². The molecule has 0 aliphatic rings. The number of nitrogens with one attached hydrogen (secondary N) is 1. The lowest BCUT2D eigenvalue weighted by Crippen LogP contribution is -2.26. The molecule has 0 aliphatic heterocycles. The van der Waals surface area contributed by atoms with Gasteiger partial charge in [-0.05, 0) is 38.7 Å². The van der Waals surface area contributed by atoms with Crippen LogP contribution in [0.25, 0.3) is 0 Å². The molecule has 0 saturated carbocycles. The van der Waals surface area contributed by atoms with Crippen molar-refractivity contribution in [1.82, 2.24) is 15.1 Å². The van der Waals surface area contributed by atoms with E-state index in [0.29, 0.717) is 6.04 Å². The first kappa shape index (κ1) is 13.2. The fourth-order valence-corrected chi connectivity index (χ4v) is 1.79. The SMILES string of the molecule is Cc1cc(CNC(C)CCC(C)C)n(C)n1. The lowest BCUT2D eigenvalue weighted by molar-refractivity contribution is 0.444. The van der Waals surface area contributed by atoms with E-state index in [0.717, 1.165) is 18.2 Å². The molecule has 1 aromatic rings. The van der Waals surface area contributed by atoms with Gasteiger partial charge >= 0.3 is 0 Å². The molecule has 1 N–H and O–H groups in total. The molecule has 1 aromatic heterocycles. The Kier molecular flexibility index (Phi) is 5.00.